The van der Waals surface area contributed by atoms with Crippen molar-refractivity contribution in [3.63, 3.8) is 0 Å². The van der Waals surface area contributed by atoms with Crippen molar-refractivity contribution in [2.45, 2.75) is 109 Å². The van der Waals surface area contributed by atoms with Crippen LogP contribution in [0.5, 0.6) is 0 Å². The first-order valence-corrected chi connectivity index (χ1v) is 10.4. The fourth-order valence-corrected chi connectivity index (χ4v) is 3.23. The van der Waals surface area contributed by atoms with Crippen LogP contribution in [0, 0.1) is 6.08 Å². The summed E-state index contributed by atoms with van der Waals surface area (Å²) in [5.74, 6) is 0. The Morgan fingerprint density at radius 3 is 1.48 bits per heavy atom. The SMILES string of the molecule is [C]1=C/C=C\C=C/CCCCCCCCCCCCCCCCC\1. The fraction of sp³-hybridized carbons (Fsp3) is 0.739. The molecule has 0 aromatic carbocycles. The zero-order valence-electron chi connectivity index (χ0n) is 15.4. The van der Waals surface area contributed by atoms with Gasteiger partial charge in [-0.3, -0.25) is 0 Å². The second-order valence-corrected chi connectivity index (χ2v) is 7.03. The van der Waals surface area contributed by atoms with Crippen molar-refractivity contribution in [1.29, 1.82) is 0 Å². The van der Waals surface area contributed by atoms with Gasteiger partial charge in [0.1, 0.15) is 0 Å². The third-order valence-corrected chi connectivity index (χ3v) is 4.76. The Balaban J connectivity index is 2.15. The van der Waals surface area contributed by atoms with Crippen molar-refractivity contribution in [2.75, 3.05) is 0 Å². The first-order valence-electron chi connectivity index (χ1n) is 10.4. The maximum absolute atomic E-state index is 3.38. The molecule has 131 valence electrons. The van der Waals surface area contributed by atoms with Crippen LogP contribution < -0.4 is 0 Å². The molecule has 23 heavy (non-hydrogen) atoms. The first-order chi connectivity index (χ1) is 11.5. The Hall–Kier alpha value is -0.780. The van der Waals surface area contributed by atoms with Crippen LogP contribution >= 0.6 is 0 Å². The second kappa shape index (κ2) is 17.6. The molecule has 1 radical (unpaired) electrons. The van der Waals surface area contributed by atoms with Gasteiger partial charge < -0.3 is 0 Å². The molecule has 0 unspecified atom stereocenters. The van der Waals surface area contributed by atoms with E-state index < -0.39 is 0 Å². The third kappa shape index (κ3) is 15.9. The lowest BCUT2D eigenvalue weighted by molar-refractivity contribution is 0.531. The van der Waals surface area contributed by atoms with Gasteiger partial charge in [0, 0.05) is 0 Å². The lowest BCUT2D eigenvalue weighted by atomic mass is 10.0. The molecule has 0 aromatic heterocycles. The van der Waals surface area contributed by atoms with Crippen molar-refractivity contribution >= 4 is 0 Å². The van der Waals surface area contributed by atoms with Crippen LogP contribution in [0.25, 0.3) is 0 Å². The molecule has 0 atom stereocenters. The molecule has 1 rings (SSSR count). The number of allylic oxidation sites excluding steroid dienone is 6. The van der Waals surface area contributed by atoms with E-state index in [1.54, 1.807) is 0 Å². The predicted molar refractivity (Wildman–Crippen MR) is 105 cm³/mol. The van der Waals surface area contributed by atoms with Gasteiger partial charge in [-0.15, -0.1) is 0 Å². The summed E-state index contributed by atoms with van der Waals surface area (Å²) < 4.78 is 0. The fourth-order valence-electron chi connectivity index (χ4n) is 3.23. The van der Waals surface area contributed by atoms with Gasteiger partial charge in [0.2, 0.25) is 0 Å². The highest BCUT2D eigenvalue weighted by Crippen LogP contribution is 2.14. The minimum absolute atomic E-state index is 1.12. The van der Waals surface area contributed by atoms with Crippen LogP contribution in [0.4, 0.5) is 0 Å². The molecule has 0 bridgehead atoms. The zero-order chi connectivity index (χ0) is 16.3. The average molecular weight is 316 g/mol. The lowest BCUT2D eigenvalue weighted by Crippen LogP contribution is -1.83. The van der Waals surface area contributed by atoms with E-state index in [1.165, 1.54) is 103 Å². The van der Waals surface area contributed by atoms with Gasteiger partial charge in [-0.1, -0.05) is 114 Å². The summed E-state index contributed by atoms with van der Waals surface area (Å²) in [7, 11) is 0. The normalized spacial score (nSPS) is 26.1. The smallest absolute Gasteiger partial charge is 0.0276 e. The molecule has 0 spiro atoms. The van der Waals surface area contributed by atoms with Crippen LogP contribution in [-0.2, 0) is 0 Å². The largest absolute Gasteiger partial charge is 0.0845 e. The van der Waals surface area contributed by atoms with E-state index in [0.29, 0.717) is 0 Å². The molecule has 1 aliphatic carbocycles. The van der Waals surface area contributed by atoms with E-state index in [1.807, 2.05) is 0 Å². The van der Waals surface area contributed by atoms with Gasteiger partial charge >= 0.3 is 0 Å². The number of hydrogen-bond donors (Lipinski definition) is 0. The summed E-state index contributed by atoms with van der Waals surface area (Å²) >= 11 is 0. The molecule has 1 aliphatic rings. The molecular formula is C23H39. The van der Waals surface area contributed by atoms with Crippen LogP contribution in [0.1, 0.15) is 109 Å². The van der Waals surface area contributed by atoms with Crippen molar-refractivity contribution in [3.8, 4) is 0 Å². The molecule has 0 N–H and O–H groups in total. The summed E-state index contributed by atoms with van der Waals surface area (Å²) in [6.07, 6.45) is 38.0. The highest BCUT2D eigenvalue weighted by Gasteiger charge is 1.94. The number of hydrogen-bond acceptors (Lipinski definition) is 0. The first kappa shape index (κ1) is 20.3. The Kier molecular flexibility index (Phi) is 15.5. The Labute approximate surface area is 146 Å². The Bertz CT molecular complexity index is 278. The van der Waals surface area contributed by atoms with Crippen molar-refractivity contribution in [2.24, 2.45) is 0 Å². The molecular weight excluding hydrogens is 276 g/mol. The van der Waals surface area contributed by atoms with Crippen molar-refractivity contribution in [1.82, 2.24) is 0 Å². The summed E-state index contributed by atoms with van der Waals surface area (Å²) in [6.45, 7) is 0. The van der Waals surface area contributed by atoms with E-state index in [4.69, 9.17) is 0 Å². The van der Waals surface area contributed by atoms with E-state index in [-0.39, 0.29) is 0 Å². The molecule has 0 nitrogen and oxygen atoms in total. The van der Waals surface area contributed by atoms with E-state index in [9.17, 15) is 0 Å². The van der Waals surface area contributed by atoms with Crippen LogP contribution in [0.2, 0.25) is 0 Å². The summed E-state index contributed by atoms with van der Waals surface area (Å²) in [6, 6.07) is 0. The molecule has 0 heteroatoms. The van der Waals surface area contributed by atoms with Gasteiger partial charge in [-0.05, 0) is 31.8 Å². The minimum Gasteiger partial charge on any atom is -0.0845 e. The van der Waals surface area contributed by atoms with Gasteiger partial charge in [-0.25, -0.2) is 0 Å². The van der Waals surface area contributed by atoms with Crippen LogP contribution in [0.15, 0.2) is 30.4 Å². The van der Waals surface area contributed by atoms with Gasteiger partial charge in [0.15, 0.2) is 0 Å². The molecule has 0 amide bonds. The van der Waals surface area contributed by atoms with Crippen LogP contribution in [-0.4, -0.2) is 0 Å². The summed E-state index contributed by atoms with van der Waals surface area (Å²) in [5, 5.41) is 0. The van der Waals surface area contributed by atoms with E-state index in [0.717, 1.165) is 6.42 Å². The second-order valence-electron chi connectivity index (χ2n) is 7.03. The lowest BCUT2D eigenvalue weighted by Gasteiger charge is -2.03. The standard InChI is InChI=1S/C23H39/c1-2-4-6-8-10-12-14-16-18-20-22-23-21-19-17-15-13-11-9-7-5-3-1/h1-5H,6,8-23H2/b3-1-,4-2-,7-5?. The minimum atomic E-state index is 1.12. The number of rotatable bonds is 0. The summed E-state index contributed by atoms with van der Waals surface area (Å²) in [4.78, 5) is 0. The summed E-state index contributed by atoms with van der Waals surface area (Å²) in [5.41, 5.74) is 0. The molecule has 0 saturated heterocycles. The molecule has 0 aliphatic heterocycles. The predicted octanol–water partition coefficient (Wildman–Crippen LogP) is 8.10. The van der Waals surface area contributed by atoms with Gasteiger partial charge in [-0.2, -0.15) is 0 Å². The van der Waals surface area contributed by atoms with Gasteiger partial charge in [0.25, 0.3) is 0 Å². The Morgan fingerprint density at radius 2 is 0.913 bits per heavy atom. The maximum atomic E-state index is 3.38. The molecule has 0 saturated carbocycles. The van der Waals surface area contributed by atoms with E-state index >= 15 is 0 Å². The molecule has 0 aromatic rings. The van der Waals surface area contributed by atoms with Crippen molar-refractivity contribution < 1.29 is 0 Å². The van der Waals surface area contributed by atoms with Gasteiger partial charge in [0.05, 0.1) is 0 Å². The molecule has 0 heterocycles. The monoisotopic (exact) mass is 315 g/mol. The Morgan fingerprint density at radius 1 is 0.435 bits per heavy atom. The zero-order valence-corrected chi connectivity index (χ0v) is 15.4. The average Bonchev–Trinajstić information content (AvgIpc) is 2.56. The highest BCUT2D eigenvalue weighted by atomic mass is 14.0. The molecule has 0 fully saturated rings. The quantitative estimate of drug-likeness (QED) is 0.423. The third-order valence-electron chi connectivity index (χ3n) is 4.76. The highest BCUT2D eigenvalue weighted by molar-refractivity contribution is 5.09. The topological polar surface area (TPSA) is 0 Å². The van der Waals surface area contributed by atoms with Crippen molar-refractivity contribution in [3.05, 3.63) is 36.5 Å². The van der Waals surface area contributed by atoms with Crippen LogP contribution in [0.3, 0.4) is 0 Å². The van der Waals surface area contributed by atoms with E-state index in [2.05, 4.69) is 36.5 Å². The maximum Gasteiger partial charge on any atom is -0.0276 e.